The molecule has 0 radical (unpaired) electrons. The van der Waals surface area contributed by atoms with E-state index in [4.69, 9.17) is 0 Å². The average molecular weight is 192 g/mol. The minimum atomic E-state index is -0.310. The topological polar surface area (TPSA) is 42.7 Å². The van der Waals surface area contributed by atoms with Crippen LogP contribution in [0, 0.1) is 5.82 Å². The van der Waals surface area contributed by atoms with Crippen molar-refractivity contribution < 1.29 is 4.39 Å². The van der Waals surface area contributed by atoms with E-state index in [9.17, 15) is 4.39 Å². The summed E-state index contributed by atoms with van der Waals surface area (Å²) in [7, 11) is 1.73. The Balaban J connectivity index is 2.28. The van der Waals surface area contributed by atoms with Crippen molar-refractivity contribution in [1.29, 1.82) is 0 Å². The zero-order valence-electron chi connectivity index (χ0n) is 7.61. The molecule has 0 saturated carbocycles. The third kappa shape index (κ3) is 1.56. The molecule has 5 heteroatoms. The van der Waals surface area contributed by atoms with Gasteiger partial charge in [0, 0.05) is 7.05 Å². The molecule has 0 bridgehead atoms. The summed E-state index contributed by atoms with van der Waals surface area (Å²) >= 11 is 0. The van der Waals surface area contributed by atoms with E-state index in [0.29, 0.717) is 11.6 Å². The van der Waals surface area contributed by atoms with Crippen molar-refractivity contribution in [2.45, 2.75) is 0 Å². The van der Waals surface area contributed by atoms with Crippen LogP contribution >= 0.6 is 0 Å². The Bertz CT molecular complexity index is 438. The van der Waals surface area contributed by atoms with Crippen molar-refractivity contribution in [3.63, 3.8) is 0 Å². The number of nitrogens with one attached hydrogen (secondary N) is 1. The van der Waals surface area contributed by atoms with Gasteiger partial charge < -0.3 is 5.32 Å². The van der Waals surface area contributed by atoms with Crippen LogP contribution in [-0.2, 0) is 7.05 Å². The SMILES string of the molecule is Cn1ncnc1Nc1ccccc1F. The molecule has 0 aliphatic heterocycles. The van der Waals surface area contributed by atoms with Crippen molar-refractivity contribution >= 4 is 11.6 Å². The summed E-state index contributed by atoms with van der Waals surface area (Å²) in [5, 5.41) is 6.70. The number of rotatable bonds is 2. The largest absolute Gasteiger partial charge is 0.322 e. The first-order valence-electron chi connectivity index (χ1n) is 4.13. The smallest absolute Gasteiger partial charge is 0.225 e. The van der Waals surface area contributed by atoms with Crippen LogP contribution in [0.25, 0.3) is 0 Å². The fraction of sp³-hybridized carbons (Fsp3) is 0.111. The van der Waals surface area contributed by atoms with Gasteiger partial charge in [-0.1, -0.05) is 12.1 Å². The Labute approximate surface area is 80.4 Å². The van der Waals surface area contributed by atoms with Crippen LogP contribution in [-0.4, -0.2) is 14.8 Å². The molecular weight excluding hydrogens is 183 g/mol. The number of para-hydroxylation sites is 1. The molecule has 0 saturated heterocycles. The van der Waals surface area contributed by atoms with Crippen LogP contribution in [0.1, 0.15) is 0 Å². The van der Waals surface area contributed by atoms with Gasteiger partial charge in [0.1, 0.15) is 12.1 Å². The molecule has 0 amide bonds. The first-order valence-corrected chi connectivity index (χ1v) is 4.13. The van der Waals surface area contributed by atoms with E-state index >= 15 is 0 Å². The maximum atomic E-state index is 13.2. The Morgan fingerprint density at radius 1 is 1.36 bits per heavy atom. The van der Waals surface area contributed by atoms with E-state index in [1.54, 1.807) is 25.2 Å². The monoisotopic (exact) mass is 192 g/mol. The molecule has 1 N–H and O–H groups in total. The summed E-state index contributed by atoms with van der Waals surface area (Å²) < 4.78 is 14.7. The molecule has 14 heavy (non-hydrogen) atoms. The highest BCUT2D eigenvalue weighted by Crippen LogP contribution is 2.16. The number of nitrogens with zero attached hydrogens (tertiary/aromatic N) is 3. The third-order valence-corrected chi connectivity index (χ3v) is 1.83. The molecule has 0 aliphatic rings. The Morgan fingerprint density at radius 3 is 2.79 bits per heavy atom. The van der Waals surface area contributed by atoms with Gasteiger partial charge in [0.2, 0.25) is 5.95 Å². The van der Waals surface area contributed by atoms with Crippen molar-refractivity contribution in [2.24, 2.45) is 7.05 Å². The lowest BCUT2D eigenvalue weighted by Gasteiger charge is -2.04. The van der Waals surface area contributed by atoms with Gasteiger partial charge in [-0.2, -0.15) is 10.1 Å². The lowest BCUT2D eigenvalue weighted by Crippen LogP contribution is -2.01. The molecule has 0 atom stereocenters. The summed E-state index contributed by atoms with van der Waals surface area (Å²) in [4.78, 5) is 3.93. The van der Waals surface area contributed by atoms with Gasteiger partial charge in [0.25, 0.3) is 0 Å². The van der Waals surface area contributed by atoms with E-state index in [0.717, 1.165) is 0 Å². The van der Waals surface area contributed by atoms with Gasteiger partial charge >= 0.3 is 0 Å². The predicted molar refractivity (Wildman–Crippen MR) is 50.7 cm³/mol. The van der Waals surface area contributed by atoms with Crippen LogP contribution < -0.4 is 5.32 Å². The molecule has 0 spiro atoms. The molecule has 0 aliphatic carbocycles. The standard InChI is InChI=1S/C9H9FN4/c1-14-9(11-6-12-14)13-8-5-3-2-4-7(8)10/h2-6H,1H3,(H,11,12,13). The van der Waals surface area contributed by atoms with Crippen molar-refractivity contribution in [1.82, 2.24) is 14.8 Å². The molecule has 72 valence electrons. The molecule has 2 rings (SSSR count). The van der Waals surface area contributed by atoms with Crippen LogP contribution in [0.15, 0.2) is 30.6 Å². The molecule has 0 fully saturated rings. The number of aromatic nitrogens is 3. The average Bonchev–Trinajstić information content (AvgIpc) is 2.56. The van der Waals surface area contributed by atoms with E-state index in [1.165, 1.54) is 17.1 Å². The second kappa shape index (κ2) is 3.45. The number of hydrogen-bond donors (Lipinski definition) is 1. The van der Waals surface area contributed by atoms with Gasteiger partial charge in [0.05, 0.1) is 5.69 Å². The van der Waals surface area contributed by atoms with Crippen LogP contribution in [0.3, 0.4) is 0 Å². The molecule has 1 aromatic carbocycles. The van der Waals surface area contributed by atoms with E-state index in [2.05, 4.69) is 15.4 Å². The lowest BCUT2D eigenvalue weighted by molar-refractivity contribution is 0.631. The maximum Gasteiger partial charge on any atom is 0.225 e. The van der Waals surface area contributed by atoms with Crippen LogP contribution in [0.5, 0.6) is 0 Å². The third-order valence-electron chi connectivity index (χ3n) is 1.83. The highest BCUT2D eigenvalue weighted by molar-refractivity contribution is 5.53. The summed E-state index contributed by atoms with van der Waals surface area (Å²) in [5.41, 5.74) is 0.392. The molecule has 1 aromatic heterocycles. The minimum absolute atomic E-state index is 0.310. The predicted octanol–water partition coefficient (Wildman–Crippen LogP) is 1.70. The molecule has 4 nitrogen and oxygen atoms in total. The number of anilines is 2. The van der Waals surface area contributed by atoms with Crippen molar-refractivity contribution in [2.75, 3.05) is 5.32 Å². The van der Waals surface area contributed by atoms with Gasteiger partial charge in [-0.15, -0.1) is 0 Å². The number of halogens is 1. The first kappa shape index (κ1) is 8.68. The van der Waals surface area contributed by atoms with Gasteiger partial charge in [-0.05, 0) is 12.1 Å². The zero-order chi connectivity index (χ0) is 9.97. The Kier molecular flexibility index (Phi) is 2.14. The van der Waals surface area contributed by atoms with Crippen LogP contribution in [0.2, 0.25) is 0 Å². The normalized spacial score (nSPS) is 10.1. The second-order valence-electron chi connectivity index (χ2n) is 2.81. The quantitative estimate of drug-likeness (QED) is 0.787. The van der Waals surface area contributed by atoms with E-state index < -0.39 is 0 Å². The maximum absolute atomic E-state index is 13.2. The molecular formula is C9H9FN4. The second-order valence-corrected chi connectivity index (χ2v) is 2.81. The molecule has 0 unspecified atom stereocenters. The fourth-order valence-electron chi connectivity index (χ4n) is 1.09. The number of aryl methyl sites for hydroxylation is 1. The van der Waals surface area contributed by atoms with E-state index in [1.807, 2.05) is 0 Å². The fourth-order valence-corrected chi connectivity index (χ4v) is 1.09. The Morgan fingerprint density at radius 2 is 2.14 bits per heavy atom. The van der Waals surface area contributed by atoms with Crippen molar-refractivity contribution in [3.05, 3.63) is 36.4 Å². The zero-order valence-corrected chi connectivity index (χ0v) is 7.61. The highest BCUT2D eigenvalue weighted by Gasteiger charge is 2.03. The number of benzene rings is 1. The number of hydrogen-bond acceptors (Lipinski definition) is 3. The van der Waals surface area contributed by atoms with Gasteiger partial charge in [-0.3, -0.25) is 0 Å². The summed E-state index contributed by atoms with van der Waals surface area (Å²) in [6, 6.07) is 6.42. The molecule has 2 aromatic rings. The van der Waals surface area contributed by atoms with Crippen molar-refractivity contribution in [3.8, 4) is 0 Å². The summed E-state index contributed by atoms with van der Waals surface area (Å²) in [5.74, 6) is 0.200. The van der Waals surface area contributed by atoms with Crippen LogP contribution in [0.4, 0.5) is 16.0 Å². The molecule has 1 heterocycles. The lowest BCUT2D eigenvalue weighted by atomic mass is 10.3. The Hall–Kier alpha value is -1.91. The summed E-state index contributed by atoms with van der Waals surface area (Å²) in [6.45, 7) is 0. The van der Waals surface area contributed by atoms with Gasteiger partial charge in [-0.25, -0.2) is 9.07 Å². The summed E-state index contributed by atoms with van der Waals surface area (Å²) in [6.07, 6.45) is 1.41. The van der Waals surface area contributed by atoms with E-state index in [-0.39, 0.29) is 5.82 Å². The highest BCUT2D eigenvalue weighted by atomic mass is 19.1. The van der Waals surface area contributed by atoms with Gasteiger partial charge in [0.15, 0.2) is 0 Å². The minimum Gasteiger partial charge on any atom is -0.322 e. The first-order chi connectivity index (χ1) is 6.77.